The maximum atomic E-state index is 5.78. The minimum absolute atomic E-state index is 0.597. The quantitative estimate of drug-likeness (QED) is 0.589. The van der Waals surface area contributed by atoms with Gasteiger partial charge in [0.2, 0.25) is 11.8 Å². The molecule has 0 aliphatic heterocycles. The second-order valence-electron chi connectivity index (χ2n) is 4.49. The average Bonchev–Trinajstić information content (AvgIpc) is 2.88. The molecular weight excluding hydrogens is 270 g/mol. The first-order valence-corrected chi connectivity index (χ1v) is 7.88. The molecule has 0 amide bonds. The fourth-order valence-electron chi connectivity index (χ4n) is 1.78. The number of ether oxygens (including phenoxy) is 1. The number of nitrogens with zero attached hydrogens (tertiary/aromatic N) is 2. The van der Waals surface area contributed by atoms with Crippen LogP contribution in [0.25, 0.3) is 10.2 Å². The molecule has 5 heteroatoms. The lowest BCUT2D eigenvalue weighted by atomic mass is 10.3. The minimum Gasteiger partial charge on any atom is -0.477 e. The van der Waals surface area contributed by atoms with Crippen LogP contribution in [0.2, 0.25) is 0 Å². The fraction of sp³-hybridized carbons (Fsp3) is 0.467. The van der Waals surface area contributed by atoms with E-state index >= 15 is 0 Å². The Morgan fingerprint density at radius 1 is 1.40 bits per heavy atom. The maximum Gasteiger partial charge on any atom is 0.227 e. The van der Waals surface area contributed by atoms with Crippen molar-refractivity contribution in [1.82, 2.24) is 9.97 Å². The molecule has 0 fully saturated rings. The van der Waals surface area contributed by atoms with Gasteiger partial charge < -0.3 is 10.1 Å². The van der Waals surface area contributed by atoms with Gasteiger partial charge in [-0.25, -0.2) is 4.98 Å². The van der Waals surface area contributed by atoms with Gasteiger partial charge >= 0.3 is 0 Å². The Balaban J connectivity index is 2.33. The van der Waals surface area contributed by atoms with Gasteiger partial charge in [-0.2, -0.15) is 4.98 Å². The van der Waals surface area contributed by atoms with Crippen LogP contribution in [-0.2, 0) is 6.42 Å². The molecule has 0 bridgehead atoms. The maximum absolute atomic E-state index is 5.78. The van der Waals surface area contributed by atoms with Gasteiger partial charge in [-0.05, 0) is 25.3 Å². The van der Waals surface area contributed by atoms with E-state index in [2.05, 4.69) is 41.8 Å². The van der Waals surface area contributed by atoms with Crippen molar-refractivity contribution in [2.24, 2.45) is 0 Å². The topological polar surface area (TPSA) is 47.0 Å². The smallest absolute Gasteiger partial charge is 0.227 e. The van der Waals surface area contributed by atoms with E-state index in [4.69, 9.17) is 4.74 Å². The summed E-state index contributed by atoms with van der Waals surface area (Å²) in [6.07, 6.45) is 4.71. The first-order valence-electron chi connectivity index (χ1n) is 7.06. The van der Waals surface area contributed by atoms with Crippen LogP contribution in [0.3, 0.4) is 0 Å². The number of hydrogen-bond acceptors (Lipinski definition) is 5. The molecule has 0 saturated heterocycles. The summed E-state index contributed by atoms with van der Waals surface area (Å²) in [7, 11) is 0. The Morgan fingerprint density at radius 3 is 2.95 bits per heavy atom. The van der Waals surface area contributed by atoms with Crippen molar-refractivity contribution in [3.63, 3.8) is 0 Å². The van der Waals surface area contributed by atoms with E-state index in [1.165, 1.54) is 4.88 Å². The van der Waals surface area contributed by atoms with Gasteiger partial charge in [0.05, 0.1) is 12.0 Å². The molecule has 4 nitrogen and oxygen atoms in total. The van der Waals surface area contributed by atoms with Crippen molar-refractivity contribution in [1.29, 1.82) is 0 Å². The van der Waals surface area contributed by atoms with E-state index in [0.29, 0.717) is 18.4 Å². The molecule has 1 N–H and O–H groups in total. The van der Waals surface area contributed by atoms with E-state index in [0.717, 1.165) is 36.0 Å². The standard InChI is InChI=1S/C15H21N3OS/c1-4-7-9-19-13-12-10-11(6-3)20-14(12)18-15(17-13)16-8-5-2/h4,10H,1,5-9H2,2-3H3,(H,16,17,18). The second kappa shape index (κ2) is 7.24. The number of anilines is 1. The lowest BCUT2D eigenvalue weighted by Gasteiger charge is -2.08. The van der Waals surface area contributed by atoms with E-state index in [1.54, 1.807) is 11.3 Å². The van der Waals surface area contributed by atoms with Crippen LogP contribution in [-0.4, -0.2) is 23.1 Å². The summed E-state index contributed by atoms with van der Waals surface area (Å²) in [6.45, 7) is 9.43. The number of rotatable bonds is 8. The second-order valence-corrected chi connectivity index (χ2v) is 5.61. The van der Waals surface area contributed by atoms with Crippen LogP contribution in [0.5, 0.6) is 5.88 Å². The third kappa shape index (κ3) is 3.48. The van der Waals surface area contributed by atoms with Gasteiger partial charge in [0.15, 0.2) is 0 Å². The molecule has 0 radical (unpaired) electrons. The highest BCUT2D eigenvalue weighted by Gasteiger charge is 2.12. The third-order valence-corrected chi connectivity index (χ3v) is 4.02. The third-order valence-electron chi connectivity index (χ3n) is 2.85. The molecule has 0 saturated carbocycles. The van der Waals surface area contributed by atoms with Crippen molar-refractivity contribution in [2.75, 3.05) is 18.5 Å². The van der Waals surface area contributed by atoms with Crippen LogP contribution in [0.15, 0.2) is 18.7 Å². The Bertz CT molecular complexity index is 580. The summed E-state index contributed by atoms with van der Waals surface area (Å²) in [5.74, 6) is 1.32. The van der Waals surface area contributed by atoms with Crippen LogP contribution < -0.4 is 10.1 Å². The van der Waals surface area contributed by atoms with Crippen molar-refractivity contribution in [2.45, 2.75) is 33.1 Å². The zero-order valence-electron chi connectivity index (χ0n) is 12.1. The molecule has 0 aliphatic rings. The molecule has 0 unspecified atom stereocenters. The largest absolute Gasteiger partial charge is 0.477 e. The number of thiophene rings is 1. The molecule has 2 heterocycles. The van der Waals surface area contributed by atoms with Gasteiger partial charge in [0, 0.05) is 11.4 Å². The summed E-state index contributed by atoms with van der Waals surface area (Å²) in [5.41, 5.74) is 0. The summed E-state index contributed by atoms with van der Waals surface area (Å²) < 4.78 is 5.78. The lowest BCUT2D eigenvalue weighted by molar-refractivity contribution is 0.317. The van der Waals surface area contributed by atoms with Crippen LogP contribution in [0.1, 0.15) is 31.6 Å². The minimum atomic E-state index is 0.597. The van der Waals surface area contributed by atoms with Gasteiger partial charge in [0.1, 0.15) is 4.83 Å². The molecule has 2 aromatic heterocycles. The molecule has 2 rings (SSSR count). The summed E-state index contributed by atoms with van der Waals surface area (Å²) in [5, 5.41) is 4.24. The van der Waals surface area contributed by atoms with E-state index < -0.39 is 0 Å². The van der Waals surface area contributed by atoms with Crippen molar-refractivity contribution < 1.29 is 4.74 Å². The highest BCUT2D eigenvalue weighted by molar-refractivity contribution is 7.18. The van der Waals surface area contributed by atoms with Crippen LogP contribution in [0.4, 0.5) is 5.95 Å². The predicted octanol–water partition coefficient (Wildman–Crippen LogP) is 4.03. The summed E-state index contributed by atoms with van der Waals surface area (Å²) in [6, 6.07) is 2.13. The highest BCUT2D eigenvalue weighted by atomic mass is 32.1. The van der Waals surface area contributed by atoms with Crippen molar-refractivity contribution in [3.8, 4) is 5.88 Å². The number of aromatic nitrogens is 2. The van der Waals surface area contributed by atoms with Gasteiger partial charge in [-0.1, -0.05) is 19.9 Å². The zero-order chi connectivity index (χ0) is 14.4. The normalized spacial score (nSPS) is 10.7. The fourth-order valence-corrected chi connectivity index (χ4v) is 2.74. The van der Waals surface area contributed by atoms with E-state index in [-0.39, 0.29) is 0 Å². The molecular formula is C15H21N3OS. The zero-order valence-corrected chi connectivity index (χ0v) is 12.9. The Kier molecular flexibility index (Phi) is 5.35. The molecule has 0 aromatic carbocycles. The van der Waals surface area contributed by atoms with Gasteiger partial charge in [-0.3, -0.25) is 0 Å². The number of nitrogens with one attached hydrogen (secondary N) is 1. The Labute approximate surface area is 123 Å². The highest BCUT2D eigenvalue weighted by Crippen LogP contribution is 2.31. The monoisotopic (exact) mass is 291 g/mol. The Hall–Kier alpha value is -1.62. The predicted molar refractivity (Wildman–Crippen MR) is 85.9 cm³/mol. The van der Waals surface area contributed by atoms with Crippen LogP contribution >= 0.6 is 11.3 Å². The SMILES string of the molecule is C=CCCOc1nc(NCCC)nc2sc(CC)cc12. The average molecular weight is 291 g/mol. The summed E-state index contributed by atoms with van der Waals surface area (Å²) >= 11 is 1.71. The molecule has 0 spiro atoms. The summed E-state index contributed by atoms with van der Waals surface area (Å²) in [4.78, 5) is 11.3. The van der Waals surface area contributed by atoms with Gasteiger partial charge in [0.25, 0.3) is 0 Å². The number of fused-ring (bicyclic) bond motifs is 1. The van der Waals surface area contributed by atoms with Crippen molar-refractivity contribution >= 4 is 27.5 Å². The molecule has 0 aliphatic carbocycles. The van der Waals surface area contributed by atoms with Crippen molar-refractivity contribution in [3.05, 3.63) is 23.6 Å². The van der Waals surface area contributed by atoms with Gasteiger partial charge in [-0.15, -0.1) is 17.9 Å². The molecule has 0 atom stereocenters. The lowest BCUT2D eigenvalue weighted by Crippen LogP contribution is -2.06. The molecule has 20 heavy (non-hydrogen) atoms. The Morgan fingerprint density at radius 2 is 2.25 bits per heavy atom. The van der Waals surface area contributed by atoms with E-state index in [9.17, 15) is 0 Å². The van der Waals surface area contributed by atoms with Crippen LogP contribution in [0, 0.1) is 0 Å². The first-order chi connectivity index (χ1) is 9.78. The first kappa shape index (κ1) is 14.8. The number of hydrogen-bond donors (Lipinski definition) is 1. The molecule has 108 valence electrons. The van der Waals surface area contributed by atoms with E-state index in [1.807, 2.05) is 6.08 Å². The number of aryl methyl sites for hydroxylation is 1. The molecule has 2 aromatic rings.